The van der Waals surface area contributed by atoms with Gasteiger partial charge in [0.05, 0.1) is 31.0 Å². The molecule has 0 aliphatic carbocycles. The van der Waals surface area contributed by atoms with E-state index in [-0.39, 0.29) is 5.91 Å². The summed E-state index contributed by atoms with van der Waals surface area (Å²) in [6.07, 6.45) is 25.1. The molecule has 0 saturated heterocycles. The topological polar surface area (TPSA) is 133 Å². The summed E-state index contributed by atoms with van der Waals surface area (Å²) in [7, 11) is 0. The summed E-state index contributed by atoms with van der Waals surface area (Å²) in [5.41, 5.74) is -1.66. The van der Waals surface area contributed by atoms with Crippen molar-refractivity contribution in [3.05, 3.63) is 0 Å². The molecule has 3 amide bonds. The molecule has 0 aromatic rings. The number of amides is 3. The maximum Gasteiger partial charge on any atom is 0.407 e. The maximum atomic E-state index is 12.4. The SMILES string of the molecule is CCCCCCCCCCCCCCCCCCOCCCOC(=O)NCCCCCC(=O)NCC(C)(C)OCC(C)(CC)OCCNC(=O)OC(C)(C)C. The largest absolute Gasteiger partial charge is 0.449 e. The van der Waals surface area contributed by atoms with Crippen LogP contribution in [0.15, 0.2) is 0 Å². The van der Waals surface area contributed by atoms with Gasteiger partial charge in [0, 0.05) is 45.7 Å². The molecular weight excluding hydrogens is 698 g/mol. The van der Waals surface area contributed by atoms with Gasteiger partial charge in [-0.15, -0.1) is 0 Å². The first-order valence-electron chi connectivity index (χ1n) is 22.2. The Kier molecular flexibility index (Phi) is 32.7. The average molecular weight is 786 g/mol. The van der Waals surface area contributed by atoms with Gasteiger partial charge in [0.2, 0.25) is 5.91 Å². The molecule has 0 rings (SSSR count). The standard InChI is InChI=1S/C44H87N3O8/c1-9-11-12-13-14-15-16-17-18-19-20-21-22-23-24-28-33-51-34-29-35-52-40(49)45-31-27-25-26-30-39(48)47-37-43(6,7)54-38-44(8,10-2)53-36-32-46-41(50)55-42(3,4)5/h9-38H2,1-8H3,(H,45,49)(H,46,50)(H,47,48). The zero-order valence-electron chi connectivity index (χ0n) is 37.0. The van der Waals surface area contributed by atoms with Crippen LogP contribution in [0, 0.1) is 0 Å². The quantitative estimate of drug-likeness (QED) is 0.0530. The Morgan fingerprint density at radius 3 is 1.60 bits per heavy atom. The first-order valence-corrected chi connectivity index (χ1v) is 22.2. The molecule has 1 atom stereocenters. The van der Waals surface area contributed by atoms with Gasteiger partial charge in [-0.3, -0.25) is 4.79 Å². The highest BCUT2D eigenvalue weighted by Gasteiger charge is 2.28. The summed E-state index contributed by atoms with van der Waals surface area (Å²) in [6, 6.07) is 0. The van der Waals surface area contributed by atoms with Crippen molar-refractivity contribution in [1.82, 2.24) is 16.0 Å². The lowest BCUT2D eigenvalue weighted by atomic mass is 10.0. The van der Waals surface area contributed by atoms with E-state index in [2.05, 4.69) is 22.9 Å². The Balaban J connectivity index is 3.66. The molecule has 55 heavy (non-hydrogen) atoms. The van der Waals surface area contributed by atoms with E-state index in [4.69, 9.17) is 23.7 Å². The van der Waals surface area contributed by atoms with Crippen LogP contribution in [0.4, 0.5) is 9.59 Å². The van der Waals surface area contributed by atoms with E-state index in [0.29, 0.717) is 58.9 Å². The summed E-state index contributed by atoms with van der Waals surface area (Å²) in [4.78, 5) is 36.2. The predicted molar refractivity (Wildman–Crippen MR) is 225 cm³/mol. The van der Waals surface area contributed by atoms with E-state index in [1.807, 2.05) is 48.5 Å². The van der Waals surface area contributed by atoms with Crippen molar-refractivity contribution in [2.45, 2.75) is 213 Å². The van der Waals surface area contributed by atoms with Crippen molar-refractivity contribution in [2.24, 2.45) is 0 Å². The minimum absolute atomic E-state index is 0.0243. The molecule has 0 aliphatic heterocycles. The molecular formula is C44H87N3O8. The van der Waals surface area contributed by atoms with Gasteiger partial charge in [0.1, 0.15) is 5.60 Å². The Bertz CT molecular complexity index is 942. The third-order valence-corrected chi connectivity index (χ3v) is 9.61. The number of rotatable bonds is 37. The monoisotopic (exact) mass is 786 g/mol. The minimum Gasteiger partial charge on any atom is -0.449 e. The number of hydrogen-bond donors (Lipinski definition) is 3. The van der Waals surface area contributed by atoms with E-state index in [9.17, 15) is 14.4 Å². The van der Waals surface area contributed by atoms with Gasteiger partial charge in [-0.05, 0) is 67.2 Å². The van der Waals surface area contributed by atoms with Crippen molar-refractivity contribution in [3.8, 4) is 0 Å². The molecule has 326 valence electrons. The van der Waals surface area contributed by atoms with Gasteiger partial charge >= 0.3 is 12.2 Å². The van der Waals surface area contributed by atoms with Crippen LogP contribution in [0.1, 0.15) is 197 Å². The van der Waals surface area contributed by atoms with Crippen LogP contribution in [-0.4, -0.2) is 87.6 Å². The molecule has 11 nitrogen and oxygen atoms in total. The third kappa shape index (κ3) is 37.2. The fraction of sp³-hybridized carbons (Fsp3) is 0.932. The Hall–Kier alpha value is -2.11. The second kappa shape index (κ2) is 34.0. The van der Waals surface area contributed by atoms with Crippen LogP contribution < -0.4 is 16.0 Å². The minimum atomic E-state index is -0.577. The first-order chi connectivity index (χ1) is 26.2. The molecule has 0 bridgehead atoms. The molecule has 0 radical (unpaired) electrons. The van der Waals surface area contributed by atoms with Gasteiger partial charge < -0.3 is 39.6 Å². The van der Waals surface area contributed by atoms with Crippen LogP contribution >= 0.6 is 0 Å². The summed E-state index contributed by atoms with van der Waals surface area (Å²) >= 11 is 0. The number of alkyl carbamates (subject to hydrolysis) is 2. The second-order valence-electron chi connectivity index (χ2n) is 17.0. The highest BCUT2D eigenvalue weighted by molar-refractivity contribution is 5.75. The van der Waals surface area contributed by atoms with E-state index >= 15 is 0 Å². The molecule has 0 fully saturated rings. The highest BCUT2D eigenvalue weighted by atomic mass is 16.6. The van der Waals surface area contributed by atoms with Crippen molar-refractivity contribution in [1.29, 1.82) is 0 Å². The molecule has 0 aliphatic rings. The molecule has 0 spiro atoms. The molecule has 0 saturated carbocycles. The smallest absolute Gasteiger partial charge is 0.407 e. The maximum absolute atomic E-state index is 12.4. The third-order valence-electron chi connectivity index (χ3n) is 9.61. The molecule has 11 heteroatoms. The van der Waals surface area contributed by atoms with Crippen molar-refractivity contribution in [3.63, 3.8) is 0 Å². The van der Waals surface area contributed by atoms with E-state index in [0.717, 1.165) is 38.7 Å². The van der Waals surface area contributed by atoms with Crippen LogP contribution in [-0.2, 0) is 28.5 Å². The van der Waals surface area contributed by atoms with E-state index in [1.54, 1.807) is 0 Å². The Morgan fingerprint density at radius 2 is 1.04 bits per heavy atom. The summed E-state index contributed by atoms with van der Waals surface area (Å²) in [6.45, 7) is 19.3. The highest BCUT2D eigenvalue weighted by Crippen LogP contribution is 2.20. The fourth-order valence-corrected chi connectivity index (χ4v) is 5.82. The van der Waals surface area contributed by atoms with Crippen LogP contribution in [0.5, 0.6) is 0 Å². The Morgan fingerprint density at radius 1 is 0.509 bits per heavy atom. The predicted octanol–water partition coefficient (Wildman–Crippen LogP) is 10.6. The number of carbonyl (C=O) groups is 3. The van der Waals surface area contributed by atoms with E-state index in [1.165, 1.54) is 96.3 Å². The average Bonchev–Trinajstić information content (AvgIpc) is 3.13. The van der Waals surface area contributed by atoms with Crippen LogP contribution in [0.25, 0.3) is 0 Å². The zero-order valence-corrected chi connectivity index (χ0v) is 37.0. The summed E-state index contributed by atoms with van der Waals surface area (Å²) < 4.78 is 28.4. The first kappa shape index (κ1) is 52.9. The van der Waals surface area contributed by atoms with Crippen molar-refractivity contribution in [2.75, 3.05) is 52.7 Å². The molecule has 0 aromatic heterocycles. The molecule has 0 aromatic carbocycles. The number of nitrogens with one attached hydrogen (secondary N) is 3. The number of ether oxygens (including phenoxy) is 5. The van der Waals surface area contributed by atoms with Gasteiger partial charge in [-0.1, -0.05) is 117 Å². The molecule has 3 N–H and O–H groups in total. The van der Waals surface area contributed by atoms with Crippen LogP contribution in [0.2, 0.25) is 0 Å². The lowest BCUT2D eigenvalue weighted by Crippen LogP contribution is -2.45. The Labute approximate surface area is 337 Å². The fourth-order valence-electron chi connectivity index (χ4n) is 5.82. The summed E-state index contributed by atoms with van der Waals surface area (Å²) in [5.74, 6) is -0.0243. The van der Waals surface area contributed by atoms with Gasteiger partial charge in [-0.2, -0.15) is 0 Å². The number of carbonyl (C=O) groups excluding carboxylic acids is 3. The van der Waals surface area contributed by atoms with E-state index < -0.39 is 29.0 Å². The lowest BCUT2D eigenvalue weighted by molar-refractivity contribution is -0.133. The molecule has 1 unspecified atom stereocenters. The normalized spacial score (nSPS) is 12.9. The molecule has 0 heterocycles. The lowest BCUT2D eigenvalue weighted by Gasteiger charge is -2.34. The zero-order chi connectivity index (χ0) is 41.1. The van der Waals surface area contributed by atoms with Gasteiger partial charge in [-0.25, -0.2) is 9.59 Å². The van der Waals surface area contributed by atoms with Gasteiger partial charge in [0.15, 0.2) is 0 Å². The summed E-state index contributed by atoms with van der Waals surface area (Å²) in [5, 5.41) is 8.46. The van der Waals surface area contributed by atoms with Crippen molar-refractivity contribution < 1.29 is 38.1 Å². The van der Waals surface area contributed by atoms with Crippen molar-refractivity contribution >= 4 is 18.1 Å². The number of unbranched alkanes of at least 4 members (excludes halogenated alkanes) is 17. The van der Waals surface area contributed by atoms with Gasteiger partial charge in [0.25, 0.3) is 0 Å². The second-order valence-corrected chi connectivity index (χ2v) is 17.0. The van der Waals surface area contributed by atoms with Crippen LogP contribution in [0.3, 0.4) is 0 Å². The number of hydrogen-bond acceptors (Lipinski definition) is 8.